The Morgan fingerprint density at radius 2 is 1.88 bits per heavy atom. The molecular formula is C19H21N3O2. The number of anilines is 3. The van der Waals surface area contributed by atoms with Crippen LogP contribution in [0.15, 0.2) is 48.5 Å². The van der Waals surface area contributed by atoms with Gasteiger partial charge in [0.25, 0.3) is 5.91 Å². The van der Waals surface area contributed by atoms with Gasteiger partial charge in [0.2, 0.25) is 5.91 Å². The second-order valence-electron chi connectivity index (χ2n) is 6.09. The van der Waals surface area contributed by atoms with Crippen LogP contribution in [0.5, 0.6) is 0 Å². The Bertz CT molecular complexity index is 753. The zero-order chi connectivity index (χ0) is 17.1. The molecule has 2 aromatic rings. The third-order valence-corrected chi connectivity index (χ3v) is 4.14. The van der Waals surface area contributed by atoms with E-state index < -0.39 is 0 Å². The second-order valence-corrected chi connectivity index (χ2v) is 6.09. The van der Waals surface area contributed by atoms with Crippen LogP contribution in [0.3, 0.4) is 0 Å². The first-order valence-corrected chi connectivity index (χ1v) is 8.04. The van der Waals surface area contributed by atoms with Crippen LogP contribution in [0, 0.1) is 0 Å². The molecule has 124 valence electrons. The van der Waals surface area contributed by atoms with E-state index in [2.05, 4.69) is 5.32 Å². The Balaban J connectivity index is 1.74. The van der Waals surface area contributed by atoms with Gasteiger partial charge >= 0.3 is 0 Å². The van der Waals surface area contributed by atoms with Crippen molar-refractivity contribution in [3.63, 3.8) is 0 Å². The summed E-state index contributed by atoms with van der Waals surface area (Å²) >= 11 is 0. The fraction of sp³-hybridized carbons (Fsp3) is 0.263. The summed E-state index contributed by atoms with van der Waals surface area (Å²) in [4.78, 5) is 28.1. The summed E-state index contributed by atoms with van der Waals surface area (Å²) in [7, 11) is 3.94. The molecule has 1 N–H and O–H groups in total. The van der Waals surface area contributed by atoms with Crippen LogP contribution >= 0.6 is 0 Å². The number of carbonyl (C=O) groups is 2. The van der Waals surface area contributed by atoms with E-state index in [0.29, 0.717) is 12.0 Å². The third-order valence-electron chi connectivity index (χ3n) is 4.14. The molecule has 0 saturated carbocycles. The second kappa shape index (κ2) is 6.74. The number of nitrogens with zero attached hydrogens (tertiary/aromatic N) is 2. The average molecular weight is 323 g/mol. The number of hydrogen-bond acceptors (Lipinski definition) is 3. The summed E-state index contributed by atoms with van der Waals surface area (Å²) in [5.41, 5.74) is 3.15. The largest absolute Gasteiger partial charge is 0.378 e. The van der Waals surface area contributed by atoms with Gasteiger partial charge in [-0.3, -0.25) is 9.59 Å². The van der Waals surface area contributed by atoms with E-state index in [-0.39, 0.29) is 11.8 Å². The van der Waals surface area contributed by atoms with Crippen molar-refractivity contribution >= 4 is 28.9 Å². The number of carbonyl (C=O) groups excluding carboxylic acids is 2. The van der Waals surface area contributed by atoms with Gasteiger partial charge in [-0.1, -0.05) is 6.07 Å². The van der Waals surface area contributed by atoms with Crippen LogP contribution in [-0.4, -0.2) is 32.5 Å². The number of rotatable bonds is 4. The smallest absolute Gasteiger partial charge is 0.255 e. The molecule has 24 heavy (non-hydrogen) atoms. The number of benzene rings is 2. The Labute approximate surface area is 141 Å². The van der Waals surface area contributed by atoms with Crippen molar-refractivity contribution in [2.24, 2.45) is 0 Å². The van der Waals surface area contributed by atoms with Crippen LogP contribution in [0.1, 0.15) is 23.2 Å². The summed E-state index contributed by atoms with van der Waals surface area (Å²) in [6, 6.07) is 14.9. The maximum absolute atomic E-state index is 12.5. The molecule has 1 fully saturated rings. The minimum atomic E-state index is -0.180. The molecule has 1 aliphatic rings. The SMILES string of the molecule is CN(C)c1ccc(NC(=O)c2cccc(N3CCCC3=O)c2)cc1. The summed E-state index contributed by atoms with van der Waals surface area (Å²) in [6.45, 7) is 0.718. The van der Waals surface area contributed by atoms with Gasteiger partial charge < -0.3 is 15.1 Å². The molecule has 0 spiro atoms. The molecule has 3 rings (SSSR count). The van der Waals surface area contributed by atoms with Crippen molar-refractivity contribution in [1.29, 1.82) is 0 Å². The lowest BCUT2D eigenvalue weighted by molar-refractivity contribution is -0.117. The number of nitrogens with one attached hydrogen (secondary N) is 1. The molecule has 0 bridgehead atoms. The van der Waals surface area contributed by atoms with Gasteiger partial charge in [0.15, 0.2) is 0 Å². The van der Waals surface area contributed by atoms with E-state index in [1.165, 1.54) is 0 Å². The maximum Gasteiger partial charge on any atom is 0.255 e. The van der Waals surface area contributed by atoms with Gasteiger partial charge in [0.05, 0.1) is 0 Å². The zero-order valence-electron chi connectivity index (χ0n) is 14.0. The van der Waals surface area contributed by atoms with E-state index in [1.54, 1.807) is 17.0 Å². The molecule has 2 amide bonds. The van der Waals surface area contributed by atoms with E-state index >= 15 is 0 Å². The average Bonchev–Trinajstić information content (AvgIpc) is 3.01. The van der Waals surface area contributed by atoms with Crippen LogP contribution < -0.4 is 15.1 Å². The first-order chi connectivity index (χ1) is 11.5. The Hall–Kier alpha value is -2.82. The first-order valence-electron chi connectivity index (χ1n) is 8.04. The monoisotopic (exact) mass is 323 g/mol. The predicted octanol–water partition coefficient (Wildman–Crippen LogP) is 3.13. The van der Waals surface area contributed by atoms with Crippen molar-refractivity contribution < 1.29 is 9.59 Å². The highest BCUT2D eigenvalue weighted by molar-refractivity contribution is 6.05. The minimum Gasteiger partial charge on any atom is -0.378 e. The van der Waals surface area contributed by atoms with E-state index in [4.69, 9.17) is 0 Å². The van der Waals surface area contributed by atoms with Crippen molar-refractivity contribution in [3.05, 3.63) is 54.1 Å². The van der Waals surface area contributed by atoms with Crippen molar-refractivity contribution in [2.75, 3.05) is 35.8 Å². The van der Waals surface area contributed by atoms with Gasteiger partial charge in [0.1, 0.15) is 0 Å². The van der Waals surface area contributed by atoms with Gasteiger partial charge in [-0.15, -0.1) is 0 Å². The normalized spacial score (nSPS) is 13.9. The summed E-state index contributed by atoms with van der Waals surface area (Å²) < 4.78 is 0. The predicted molar refractivity (Wildman–Crippen MR) is 96.8 cm³/mol. The Morgan fingerprint density at radius 1 is 1.12 bits per heavy atom. The molecule has 1 saturated heterocycles. The number of hydrogen-bond donors (Lipinski definition) is 1. The lowest BCUT2D eigenvalue weighted by Crippen LogP contribution is -2.24. The number of amides is 2. The minimum absolute atomic E-state index is 0.117. The fourth-order valence-electron chi connectivity index (χ4n) is 2.78. The van der Waals surface area contributed by atoms with Gasteiger partial charge in [-0.2, -0.15) is 0 Å². The highest BCUT2D eigenvalue weighted by atomic mass is 16.2. The molecule has 1 heterocycles. The lowest BCUT2D eigenvalue weighted by Gasteiger charge is -2.16. The molecule has 0 aliphatic carbocycles. The summed E-state index contributed by atoms with van der Waals surface area (Å²) in [5, 5.41) is 2.89. The topological polar surface area (TPSA) is 52.7 Å². The standard InChI is InChI=1S/C19H21N3O2/c1-21(2)16-10-8-15(9-11-16)20-19(24)14-5-3-6-17(13-14)22-12-4-7-18(22)23/h3,5-6,8-11,13H,4,7,12H2,1-2H3,(H,20,24). The lowest BCUT2D eigenvalue weighted by atomic mass is 10.1. The molecule has 0 unspecified atom stereocenters. The molecule has 0 radical (unpaired) electrons. The van der Waals surface area contributed by atoms with Crippen LogP contribution in [0.4, 0.5) is 17.1 Å². The van der Waals surface area contributed by atoms with Gasteiger partial charge in [-0.05, 0) is 48.9 Å². The maximum atomic E-state index is 12.5. The Kier molecular flexibility index (Phi) is 4.51. The molecule has 0 atom stereocenters. The van der Waals surface area contributed by atoms with E-state index in [9.17, 15) is 9.59 Å². The quantitative estimate of drug-likeness (QED) is 0.940. The third kappa shape index (κ3) is 3.40. The van der Waals surface area contributed by atoms with Crippen LogP contribution in [-0.2, 0) is 4.79 Å². The van der Waals surface area contributed by atoms with Gasteiger partial charge in [0, 0.05) is 49.7 Å². The molecule has 5 heteroatoms. The summed E-state index contributed by atoms with van der Waals surface area (Å²) in [6.07, 6.45) is 1.45. The molecular weight excluding hydrogens is 302 g/mol. The summed E-state index contributed by atoms with van der Waals surface area (Å²) in [5.74, 6) is -0.0621. The van der Waals surface area contributed by atoms with Gasteiger partial charge in [-0.25, -0.2) is 0 Å². The zero-order valence-corrected chi connectivity index (χ0v) is 14.0. The van der Waals surface area contributed by atoms with Crippen molar-refractivity contribution in [1.82, 2.24) is 0 Å². The Morgan fingerprint density at radius 3 is 2.50 bits per heavy atom. The fourth-order valence-corrected chi connectivity index (χ4v) is 2.78. The van der Waals surface area contributed by atoms with E-state index in [0.717, 1.165) is 30.0 Å². The molecule has 1 aliphatic heterocycles. The highest BCUT2D eigenvalue weighted by Crippen LogP contribution is 2.23. The molecule has 0 aromatic heterocycles. The van der Waals surface area contributed by atoms with Crippen molar-refractivity contribution in [3.8, 4) is 0 Å². The van der Waals surface area contributed by atoms with Crippen LogP contribution in [0.2, 0.25) is 0 Å². The molecule has 5 nitrogen and oxygen atoms in total. The molecule has 2 aromatic carbocycles. The van der Waals surface area contributed by atoms with Crippen molar-refractivity contribution in [2.45, 2.75) is 12.8 Å². The highest BCUT2D eigenvalue weighted by Gasteiger charge is 2.22. The van der Waals surface area contributed by atoms with E-state index in [1.807, 2.05) is 55.4 Å². The first kappa shape index (κ1) is 16.1. The van der Waals surface area contributed by atoms with Crippen LogP contribution in [0.25, 0.3) is 0 Å².